The van der Waals surface area contributed by atoms with Crippen LogP contribution >= 0.6 is 0 Å². The highest BCUT2D eigenvalue weighted by atomic mass is 16.3. The average molecular weight is 288 g/mol. The topological polar surface area (TPSA) is 63.8 Å². The molecule has 0 unspecified atom stereocenters. The van der Waals surface area contributed by atoms with Crippen LogP contribution in [0.5, 0.6) is 5.75 Å². The third-order valence-electron chi connectivity index (χ3n) is 3.44. The highest BCUT2D eigenvalue weighted by Gasteiger charge is 2.14. The Balaban J connectivity index is 2.04. The Kier molecular flexibility index (Phi) is 2.83. The van der Waals surface area contributed by atoms with Gasteiger partial charge < -0.3 is 5.11 Å². The van der Waals surface area contributed by atoms with Crippen LogP contribution < -0.4 is 0 Å². The second-order valence-corrected chi connectivity index (χ2v) is 4.88. The molecule has 0 spiro atoms. The van der Waals surface area contributed by atoms with E-state index < -0.39 is 0 Å². The largest absolute Gasteiger partial charge is 0.508 e. The van der Waals surface area contributed by atoms with Crippen LogP contribution in [0.2, 0.25) is 0 Å². The first-order chi connectivity index (χ1) is 10.8. The van der Waals surface area contributed by atoms with Crippen molar-refractivity contribution >= 4 is 11.2 Å². The molecule has 106 valence electrons. The number of nitrogens with zero attached hydrogens (tertiary/aromatic N) is 4. The van der Waals surface area contributed by atoms with Gasteiger partial charge in [0.25, 0.3) is 0 Å². The maximum atomic E-state index is 9.50. The van der Waals surface area contributed by atoms with E-state index in [1.54, 1.807) is 30.7 Å². The molecular weight excluding hydrogens is 276 g/mol. The van der Waals surface area contributed by atoms with Gasteiger partial charge in [0.2, 0.25) is 0 Å². The summed E-state index contributed by atoms with van der Waals surface area (Å²) < 4.78 is 1.96. The predicted octanol–water partition coefficient (Wildman–Crippen LogP) is 3.19. The summed E-state index contributed by atoms with van der Waals surface area (Å²) in [6.07, 6.45) is 5.25. The molecule has 22 heavy (non-hydrogen) atoms. The molecule has 0 atom stereocenters. The molecule has 1 N–H and O–H groups in total. The molecule has 0 amide bonds. The summed E-state index contributed by atoms with van der Waals surface area (Å²) in [6, 6.07) is 14.6. The second kappa shape index (κ2) is 4.96. The first kappa shape index (κ1) is 12.5. The number of aromatic nitrogens is 4. The number of phenols is 1. The smallest absolute Gasteiger partial charge is 0.164 e. The van der Waals surface area contributed by atoms with Gasteiger partial charge in [0, 0.05) is 29.8 Å². The SMILES string of the molecule is Oc1ccc(-n2c(-c3cccnc3)nc3cccnc32)cc1. The lowest BCUT2D eigenvalue weighted by Gasteiger charge is -2.08. The predicted molar refractivity (Wildman–Crippen MR) is 83.8 cm³/mol. The number of hydrogen-bond donors (Lipinski definition) is 1. The number of fused-ring (bicyclic) bond motifs is 1. The Morgan fingerprint density at radius 3 is 2.50 bits per heavy atom. The van der Waals surface area contributed by atoms with Crippen molar-refractivity contribution in [2.75, 3.05) is 0 Å². The van der Waals surface area contributed by atoms with Crippen LogP contribution in [-0.2, 0) is 0 Å². The Morgan fingerprint density at radius 2 is 1.73 bits per heavy atom. The maximum absolute atomic E-state index is 9.50. The molecule has 0 aliphatic carbocycles. The molecule has 3 aromatic heterocycles. The molecule has 0 saturated carbocycles. The van der Waals surface area contributed by atoms with E-state index in [0.29, 0.717) is 0 Å². The van der Waals surface area contributed by atoms with Gasteiger partial charge >= 0.3 is 0 Å². The van der Waals surface area contributed by atoms with E-state index in [0.717, 1.165) is 28.2 Å². The van der Waals surface area contributed by atoms with Gasteiger partial charge in [-0.2, -0.15) is 0 Å². The van der Waals surface area contributed by atoms with Crippen LogP contribution in [0.25, 0.3) is 28.2 Å². The molecule has 4 rings (SSSR count). The minimum Gasteiger partial charge on any atom is -0.508 e. The van der Waals surface area contributed by atoms with E-state index in [1.807, 2.05) is 41.0 Å². The number of pyridine rings is 2. The molecule has 5 heteroatoms. The summed E-state index contributed by atoms with van der Waals surface area (Å²) in [5.74, 6) is 0.997. The lowest BCUT2D eigenvalue weighted by Crippen LogP contribution is -1.98. The van der Waals surface area contributed by atoms with E-state index in [1.165, 1.54) is 0 Å². The van der Waals surface area contributed by atoms with Crippen molar-refractivity contribution in [1.29, 1.82) is 0 Å². The minimum absolute atomic E-state index is 0.226. The maximum Gasteiger partial charge on any atom is 0.164 e. The lowest BCUT2D eigenvalue weighted by molar-refractivity contribution is 0.475. The minimum atomic E-state index is 0.226. The van der Waals surface area contributed by atoms with Crippen LogP contribution in [0.4, 0.5) is 0 Å². The van der Waals surface area contributed by atoms with E-state index in [9.17, 15) is 5.11 Å². The van der Waals surface area contributed by atoms with E-state index in [-0.39, 0.29) is 5.75 Å². The van der Waals surface area contributed by atoms with Crippen molar-refractivity contribution in [1.82, 2.24) is 19.5 Å². The van der Waals surface area contributed by atoms with Crippen molar-refractivity contribution in [3.63, 3.8) is 0 Å². The molecule has 0 fully saturated rings. The number of phenolic OH excluding ortho intramolecular Hbond substituents is 1. The van der Waals surface area contributed by atoms with Gasteiger partial charge in [-0.3, -0.25) is 9.55 Å². The number of imidazole rings is 1. The molecule has 4 aromatic rings. The highest BCUT2D eigenvalue weighted by molar-refractivity contribution is 5.79. The molecule has 0 aliphatic heterocycles. The van der Waals surface area contributed by atoms with Gasteiger partial charge in [-0.15, -0.1) is 0 Å². The lowest BCUT2D eigenvalue weighted by atomic mass is 10.2. The first-order valence-corrected chi connectivity index (χ1v) is 6.86. The monoisotopic (exact) mass is 288 g/mol. The van der Waals surface area contributed by atoms with Crippen molar-refractivity contribution in [3.8, 4) is 22.8 Å². The fourth-order valence-corrected chi connectivity index (χ4v) is 2.45. The van der Waals surface area contributed by atoms with E-state index in [2.05, 4.69) is 15.0 Å². The summed E-state index contributed by atoms with van der Waals surface area (Å²) in [4.78, 5) is 13.3. The van der Waals surface area contributed by atoms with Crippen molar-refractivity contribution in [2.45, 2.75) is 0 Å². The van der Waals surface area contributed by atoms with Gasteiger partial charge in [0.1, 0.15) is 17.1 Å². The molecule has 0 radical (unpaired) electrons. The average Bonchev–Trinajstić information content (AvgIpc) is 2.96. The third kappa shape index (κ3) is 2.00. The van der Waals surface area contributed by atoms with Gasteiger partial charge in [-0.25, -0.2) is 9.97 Å². The van der Waals surface area contributed by atoms with Crippen LogP contribution in [0.3, 0.4) is 0 Å². The van der Waals surface area contributed by atoms with E-state index in [4.69, 9.17) is 0 Å². The van der Waals surface area contributed by atoms with Gasteiger partial charge in [0.05, 0.1) is 0 Å². The van der Waals surface area contributed by atoms with E-state index >= 15 is 0 Å². The van der Waals surface area contributed by atoms with Crippen LogP contribution in [0.1, 0.15) is 0 Å². The zero-order chi connectivity index (χ0) is 14.9. The zero-order valence-electron chi connectivity index (χ0n) is 11.6. The Hall–Kier alpha value is -3.21. The molecule has 5 nitrogen and oxygen atoms in total. The molecule has 0 saturated heterocycles. The van der Waals surface area contributed by atoms with Crippen LogP contribution in [0, 0.1) is 0 Å². The fraction of sp³-hybridized carbons (Fsp3) is 0. The zero-order valence-corrected chi connectivity index (χ0v) is 11.6. The summed E-state index contributed by atoms with van der Waals surface area (Å²) in [6.45, 7) is 0. The van der Waals surface area contributed by atoms with Crippen LogP contribution in [-0.4, -0.2) is 24.6 Å². The first-order valence-electron chi connectivity index (χ1n) is 6.86. The summed E-state index contributed by atoms with van der Waals surface area (Å²) >= 11 is 0. The molecule has 3 heterocycles. The van der Waals surface area contributed by atoms with Crippen LogP contribution in [0.15, 0.2) is 67.1 Å². The van der Waals surface area contributed by atoms with Gasteiger partial charge in [-0.05, 0) is 48.5 Å². The van der Waals surface area contributed by atoms with Crippen molar-refractivity contribution < 1.29 is 5.11 Å². The molecular formula is C17H12N4O. The van der Waals surface area contributed by atoms with Crippen molar-refractivity contribution in [2.24, 2.45) is 0 Å². The Bertz CT molecular complexity index is 930. The van der Waals surface area contributed by atoms with Gasteiger partial charge in [0.15, 0.2) is 5.65 Å². The van der Waals surface area contributed by atoms with Crippen molar-refractivity contribution in [3.05, 3.63) is 67.1 Å². The summed E-state index contributed by atoms with van der Waals surface area (Å²) in [5, 5.41) is 9.50. The molecule has 0 bridgehead atoms. The number of hydrogen-bond acceptors (Lipinski definition) is 4. The van der Waals surface area contributed by atoms with Gasteiger partial charge in [-0.1, -0.05) is 0 Å². The fourth-order valence-electron chi connectivity index (χ4n) is 2.45. The molecule has 1 aromatic carbocycles. The third-order valence-corrected chi connectivity index (χ3v) is 3.44. The summed E-state index contributed by atoms with van der Waals surface area (Å²) in [7, 11) is 0. The standard InChI is InChI=1S/C17H12N4O/c22-14-7-5-13(6-8-14)21-16(12-3-1-9-18-11-12)20-15-4-2-10-19-17(15)21/h1-11,22H. The summed E-state index contributed by atoms with van der Waals surface area (Å²) in [5.41, 5.74) is 3.38. The normalized spacial score (nSPS) is 10.9. The number of benzene rings is 1. The molecule has 0 aliphatic rings. The Morgan fingerprint density at radius 1 is 0.909 bits per heavy atom. The second-order valence-electron chi connectivity index (χ2n) is 4.88. The number of aromatic hydroxyl groups is 1. The Labute approximate surface area is 126 Å². The quantitative estimate of drug-likeness (QED) is 0.615. The highest BCUT2D eigenvalue weighted by Crippen LogP contribution is 2.27. The number of rotatable bonds is 2.